The molecule has 1 aromatic rings. The minimum atomic E-state index is -0.295. The molecule has 112 valence electrons. The van der Waals surface area contributed by atoms with Crippen LogP contribution in [0.2, 0.25) is 5.02 Å². The van der Waals surface area contributed by atoms with Crippen molar-refractivity contribution in [1.82, 2.24) is 0 Å². The summed E-state index contributed by atoms with van der Waals surface area (Å²) < 4.78 is 19.9. The maximum absolute atomic E-state index is 14.1. The van der Waals surface area contributed by atoms with E-state index in [0.29, 0.717) is 17.9 Å². The highest BCUT2D eigenvalue weighted by Gasteiger charge is 2.36. The van der Waals surface area contributed by atoms with Gasteiger partial charge in [0, 0.05) is 13.5 Å². The van der Waals surface area contributed by atoms with E-state index in [9.17, 15) is 4.39 Å². The van der Waals surface area contributed by atoms with Crippen molar-refractivity contribution >= 4 is 11.6 Å². The molecule has 1 aliphatic carbocycles. The summed E-state index contributed by atoms with van der Waals surface area (Å²) in [5.41, 5.74) is 0.444. The van der Waals surface area contributed by atoms with Crippen molar-refractivity contribution in [2.45, 2.75) is 51.6 Å². The Morgan fingerprint density at radius 1 is 1.35 bits per heavy atom. The smallest absolute Gasteiger partial charge is 0.145 e. The topological polar surface area (TPSA) is 9.23 Å². The van der Waals surface area contributed by atoms with Crippen LogP contribution in [0.5, 0.6) is 0 Å². The van der Waals surface area contributed by atoms with Crippen LogP contribution in [0, 0.1) is 17.7 Å². The van der Waals surface area contributed by atoms with Gasteiger partial charge in [0.25, 0.3) is 0 Å². The summed E-state index contributed by atoms with van der Waals surface area (Å²) in [6, 6.07) is 5.22. The predicted octanol–water partition coefficient (Wildman–Crippen LogP) is 5.25. The van der Waals surface area contributed by atoms with E-state index in [0.717, 1.165) is 31.6 Å². The van der Waals surface area contributed by atoms with Crippen LogP contribution in [-0.4, -0.2) is 12.7 Å². The maximum Gasteiger partial charge on any atom is 0.145 e. The molecule has 0 heterocycles. The number of hydrogen-bond acceptors (Lipinski definition) is 1. The summed E-state index contributed by atoms with van der Waals surface area (Å²) in [5, 5.41) is 0.199. The van der Waals surface area contributed by atoms with Crippen LogP contribution < -0.4 is 0 Å². The lowest BCUT2D eigenvalue weighted by Gasteiger charge is -2.40. The zero-order valence-corrected chi connectivity index (χ0v) is 13.3. The van der Waals surface area contributed by atoms with Gasteiger partial charge < -0.3 is 4.74 Å². The second kappa shape index (κ2) is 6.44. The fourth-order valence-electron chi connectivity index (χ4n) is 3.32. The molecule has 0 spiro atoms. The lowest BCUT2D eigenvalue weighted by molar-refractivity contribution is -0.0530. The van der Waals surface area contributed by atoms with Crippen LogP contribution >= 0.6 is 11.6 Å². The molecule has 2 rings (SSSR count). The Kier molecular flexibility index (Phi) is 5.09. The number of halogens is 2. The third-order valence-corrected chi connectivity index (χ3v) is 5.15. The number of methoxy groups -OCH3 is 1. The number of ether oxygens (including phenoxy) is 1. The molecule has 0 saturated heterocycles. The van der Waals surface area contributed by atoms with Gasteiger partial charge in [-0.15, -0.1) is 0 Å². The zero-order chi connectivity index (χ0) is 14.8. The second-order valence-corrected chi connectivity index (χ2v) is 6.77. The molecule has 3 heteroatoms. The van der Waals surface area contributed by atoms with Crippen molar-refractivity contribution in [2.24, 2.45) is 11.8 Å². The molecule has 0 unspecified atom stereocenters. The summed E-state index contributed by atoms with van der Waals surface area (Å²) in [7, 11) is 1.75. The molecule has 1 aliphatic rings. The van der Waals surface area contributed by atoms with Crippen LogP contribution in [0.15, 0.2) is 18.2 Å². The Morgan fingerprint density at radius 3 is 2.55 bits per heavy atom. The SMILES string of the molecule is COC1(Cc2cccc(Cl)c2F)CCC(C(C)C)CC1. The second-order valence-electron chi connectivity index (χ2n) is 6.36. The quantitative estimate of drug-likeness (QED) is 0.737. The van der Waals surface area contributed by atoms with Gasteiger partial charge >= 0.3 is 0 Å². The van der Waals surface area contributed by atoms with Crippen molar-refractivity contribution < 1.29 is 9.13 Å². The van der Waals surface area contributed by atoms with Crippen molar-refractivity contribution in [2.75, 3.05) is 7.11 Å². The van der Waals surface area contributed by atoms with Gasteiger partial charge in [0.1, 0.15) is 5.82 Å². The summed E-state index contributed by atoms with van der Waals surface area (Å²) in [4.78, 5) is 0. The van der Waals surface area contributed by atoms with Gasteiger partial charge in [-0.1, -0.05) is 37.6 Å². The van der Waals surface area contributed by atoms with Crippen LogP contribution in [0.1, 0.15) is 45.1 Å². The Balaban J connectivity index is 2.11. The molecular weight excluding hydrogens is 275 g/mol. The highest BCUT2D eigenvalue weighted by molar-refractivity contribution is 6.30. The number of hydrogen-bond donors (Lipinski definition) is 0. The summed E-state index contributed by atoms with van der Waals surface area (Å²) in [6.07, 6.45) is 4.93. The molecule has 0 aromatic heterocycles. The molecular formula is C17H24ClFO. The van der Waals surface area contributed by atoms with Crippen molar-refractivity contribution in [3.05, 3.63) is 34.6 Å². The van der Waals surface area contributed by atoms with Crippen LogP contribution in [0.3, 0.4) is 0 Å². The minimum Gasteiger partial charge on any atom is -0.378 e. The third-order valence-electron chi connectivity index (χ3n) is 4.86. The predicted molar refractivity (Wildman–Crippen MR) is 81.7 cm³/mol. The lowest BCUT2D eigenvalue weighted by Crippen LogP contribution is -2.39. The fraction of sp³-hybridized carbons (Fsp3) is 0.647. The molecule has 0 aliphatic heterocycles. The summed E-state index contributed by atoms with van der Waals surface area (Å²) in [6.45, 7) is 4.56. The van der Waals surface area contributed by atoms with E-state index in [1.807, 2.05) is 12.1 Å². The highest BCUT2D eigenvalue weighted by Crippen LogP contribution is 2.40. The average molecular weight is 299 g/mol. The normalized spacial score (nSPS) is 27.0. The van der Waals surface area contributed by atoms with E-state index < -0.39 is 0 Å². The van der Waals surface area contributed by atoms with Gasteiger partial charge in [0.15, 0.2) is 0 Å². The molecule has 0 amide bonds. The van der Waals surface area contributed by atoms with E-state index in [1.54, 1.807) is 13.2 Å². The summed E-state index contributed by atoms with van der Waals surface area (Å²) >= 11 is 5.87. The lowest BCUT2D eigenvalue weighted by atomic mass is 9.72. The largest absolute Gasteiger partial charge is 0.378 e. The van der Waals surface area contributed by atoms with Crippen molar-refractivity contribution in [3.63, 3.8) is 0 Å². The minimum absolute atomic E-state index is 0.199. The highest BCUT2D eigenvalue weighted by atomic mass is 35.5. The standard InChI is InChI=1S/C17H24ClFO/c1-12(2)13-7-9-17(20-3,10-8-13)11-14-5-4-6-15(18)16(14)19/h4-6,12-13H,7-11H2,1-3H3. The Bertz CT molecular complexity index is 450. The first-order chi connectivity index (χ1) is 9.47. The Labute approximate surface area is 126 Å². The van der Waals surface area contributed by atoms with E-state index in [2.05, 4.69) is 13.8 Å². The third kappa shape index (κ3) is 3.35. The molecule has 1 aromatic carbocycles. The molecule has 0 atom stereocenters. The van der Waals surface area contributed by atoms with E-state index >= 15 is 0 Å². The van der Waals surface area contributed by atoms with Gasteiger partial charge in [-0.3, -0.25) is 0 Å². The van der Waals surface area contributed by atoms with Crippen LogP contribution in [-0.2, 0) is 11.2 Å². The van der Waals surface area contributed by atoms with Gasteiger partial charge in [0.05, 0.1) is 10.6 Å². The van der Waals surface area contributed by atoms with Gasteiger partial charge in [-0.05, 0) is 49.1 Å². The van der Waals surface area contributed by atoms with Gasteiger partial charge in [-0.2, -0.15) is 0 Å². The molecule has 1 nitrogen and oxygen atoms in total. The van der Waals surface area contributed by atoms with Gasteiger partial charge in [0.2, 0.25) is 0 Å². The first kappa shape index (κ1) is 15.8. The molecule has 0 radical (unpaired) electrons. The molecule has 1 saturated carbocycles. The molecule has 1 fully saturated rings. The zero-order valence-electron chi connectivity index (χ0n) is 12.6. The molecule has 0 N–H and O–H groups in total. The van der Waals surface area contributed by atoms with Gasteiger partial charge in [-0.25, -0.2) is 4.39 Å². The first-order valence-corrected chi connectivity index (χ1v) is 7.83. The Morgan fingerprint density at radius 2 is 2.00 bits per heavy atom. The van der Waals surface area contributed by atoms with E-state index in [1.165, 1.54) is 0 Å². The molecule has 20 heavy (non-hydrogen) atoms. The maximum atomic E-state index is 14.1. The average Bonchev–Trinajstić information content (AvgIpc) is 2.44. The van der Waals surface area contributed by atoms with Crippen LogP contribution in [0.25, 0.3) is 0 Å². The van der Waals surface area contributed by atoms with Crippen molar-refractivity contribution in [1.29, 1.82) is 0 Å². The monoisotopic (exact) mass is 298 g/mol. The molecule has 0 bridgehead atoms. The Hall–Kier alpha value is -0.600. The van der Waals surface area contributed by atoms with E-state index in [-0.39, 0.29) is 16.4 Å². The fourth-order valence-corrected chi connectivity index (χ4v) is 3.51. The summed E-state index contributed by atoms with van der Waals surface area (Å²) in [5.74, 6) is 1.19. The number of benzene rings is 1. The number of rotatable bonds is 4. The van der Waals surface area contributed by atoms with Crippen molar-refractivity contribution in [3.8, 4) is 0 Å². The first-order valence-electron chi connectivity index (χ1n) is 7.45. The van der Waals surface area contributed by atoms with Crippen LogP contribution in [0.4, 0.5) is 4.39 Å². The van der Waals surface area contributed by atoms with E-state index in [4.69, 9.17) is 16.3 Å².